The summed E-state index contributed by atoms with van der Waals surface area (Å²) < 4.78 is 45.7. The van der Waals surface area contributed by atoms with Gasteiger partial charge in [0.05, 0.1) is 18.8 Å². The minimum atomic E-state index is -4.42. The molecule has 0 aliphatic carbocycles. The van der Waals surface area contributed by atoms with Crippen LogP contribution in [0.4, 0.5) is 18.9 Å². The molecular weight excluding hydrogens is 460 g/mol. The van der Waals surface area contributed by atoms with Crippen LogP contribution >= 0.6 is 24.0 Å². The van der Waals surface area contributed by atoms with Crippen molar-refractivity contribution in [1.82, 2.24) is 10.6 Å². The second-order valence-corrected chi connectivity index (χ2v) is 5.53. The summed E-state index contributed by atoms with van der Waals surface area (Å²) in [6.07, 6.45) is -2.78. The third-order valence-electron chi connectivity index (χ3n) is 3.86. The zero-order chi connectivity index (χ0) is 18.3. The lowest BCUT2D eigenvalue weighted by Gasteiger charge is -2.29. The van der Waals surface area contributed by atoms with Crippen molar-refractivity contribution >= 4 is 35.6 Å². The number of halogens is 4. The summed E-state index contributed by atoms with van der Waals surface area (Å²) in [6.45, 7) is 6.30. The normalized spacial score (nSPS) is 15.2. The number of morpholine rings is 1. The molecule has 1 fully saturated rings. The lowest BCUT2D eigenvalue weighted by molar-refractivity contribution is -0.138. The molecular formula is C17H24F3IN4O. The van der Waals surface area contributed by atoms with E-state index in [0.717, 1.165) is 0 Å². The van der Waals surface area contributed by atoms with Gasteiger partial charge in [-0.15, -0.1) is 30.6 Å². The zero-order valence-electron chi connectivity index (χ0n) is 14.6. The van der Waals surface area contributed by atoms with E-state index in [4.69, 9.17) is 4.74 Å². The van der Waals surface area contributed by atoms with Crippen molar-refractivity contribution in [3.63, 3.8) is 0 Å². The Labute approximate surface area is 168 Å². The van der Waals surface area contributed by atoms with E-state index in [0.29, 0.717) is 44.5 Å². The van der Waals surface area contributed by atoms with Gasteiger partial charge in [-0.2, -0.15) is 13.2 Å². The molecule has 0 aromatic heterocycles. The van der Waals surface area contributed by atoms with Gasteiger partial charge in [0.15, 0.2) is 5.96 Å². The highest BCUT2D eigenvalue weighted by Gasteiger charge is 2.34. The van der Waals surface area contributed by atoms with Gasteiger partial charge in [0.2, 0.25) is 0 Å². The Morgan fingerprint density at radius 1 is 1.31 bits per heavy atom. The standard InChI is InChI=1S/C17H23F3N4O.HI/c1-3-6-22-16(21-2)23-12-13-4-5-14(11-15(13)17(18,19)20)24-7-9-25-10-8-24;/h3-5,11H,1,6-10,12H2,2H3,(H2,21,22,23);1H. The number of anilines is 1. The van der Waals surface area contributed by atoms with Crippen LogP contribution < -0.4 is 15.5 Å². The minimum absolute atomic E-state index is 0. The first kappa shape index (κ1) is 22.6. The third kappa shape index (κ3) is 6.35. The number of nitrogens with one attached hydrogen (secondary N) is 2. The number of hydrogen-bond donors (Lipinski definition) is 2. The summed E-state index contributed by atoms with van der Waals surface area (Å²) in [4.78, 5) is 5.87. The number of hydrogen-bond acceptors (Lipinski definition) is 3. The monoisotopic (exact) mass is 484 g/mol. The molecule has 0 saturated carbocycles. The zero-order valence-corrected chi connectivity index (χ0v) is 16.9. The Kier molecular flexibility index (Phi) is 9.20. The van der Waals surface area contributed by atoms with Gasteiger partial charge in [0.25, 0.3) is 0 Å². The topological polar surface area (TPSA) is 48.9 Å². The second-order valence-electron chi connectivity index (χ2n) is 5.53. The molecule has 1 heterocycles. The summed E-state index contributed by atoms with van der Waals surface area (Å²) in [7, 11) is 1.56. The number of ether oxygens (including phenoxy) is 1. The summed E-state index contributed by atoms with van der Waals surface area (Å²) in [5.74, 6) is 0.422. The van der Waals surface area contributed by atoms with E-state index < -0.39 is 11.7 Å². The van der Waals surface area contributed by atoms with Crippen molar-refractivity contribution in [3.05, 3.63) is 42.0 Å². The van der Waals surface area contributed by atoms with Crippen LogP contribution in [-0.2, 0) is 17.5 Å². The van der Waals surface area contributed by atoms with Crippen LogP contribution in [0.25, 0.3) is 0 Å². The molecule has 1 saturated heterocycles. The molecule has 2 rings (SSSR count). The van der Waals surface area contributed by atoms with Crippen molar-refractivity contribution in [3.8, 4) is 0 Å². The predicted octanol–water partition coefficient (Wildman–Crippen LogP) is 3.01. The van der Waals surface area contributed by atoms with Crippen LogP contribution in [0.15, 0.2) is 35.8 Å². The van der Waals surface area contributed by atoms with Gasteiger partial charge in [-0.1, -0.05) is 12.1 Å². The van der Waals surface area contributed by atoms with Crippen LogP contribution in [0.5, 0.6) is 0 Å². The minimum Gasteiger partial charge on any atom is -0.378 e. The fourth-order valence-corrected chi connectivity index (χ4v) is 2.57. The lowest BCUT2D eigenvalue weighted by Crippen LogP contribution is -2.37. The first-order valence-electron chi connectivity index (χ1n) is 8.04. The third-order valence-corrected chi connectivity index (χ3v) is 3.86. The smallest absolute Gasteiger partial charge is 0.378 e. The number of alkyl halides is 3. The fraction of sp³-hybridized carbons (Fsp3) is 0.471. The molecule has 1 aromatic rings. The number of benzene rings is 1. The molecule has 2 N–H and O–H groups in total. The van der Waals surface area contributed by atoms with Gasteiger partial charge < -0.3 is 20.3 Å². The predicted molar refractivity (Wildman–Crippen MR) is 108 cm³/mol. The van der Waals surface area contributed by atoms with E-state index in [9.17, 15) is 13.2 Å². The van der Waals surface area contributed by atoms with Gasteiger partial charge >= 0.3 is 6.18 Å². The SMILES string of the molecule is C=CCNC(=NC)NCc1ccc(N2CCOCC2)cc1C(F)(F)F.I. The molecule has 0 bridgehead atoms. The fourth-order valence-electron chi connectivity index (χ4n) is 2.57. The van der Waals surface area contributed by atoms with Crippen molar-refractivity contribution < 1.29 is 17.9 Å². The average Bonchev–Trinajstić information content (AvgIpc) is 2.62. The largest absolute Gasteiger partial charge is 0.416 e. The van der Waals surface area contributed by atoms with Crippen molar-refractivity contribution in [2.24, 2.45) is 4.99 Å². The molecule has 0 amide bonds. The van der Waals surface area contributed by atoms with Crippen LogP contribution in [0.3, 0.4) is 0 Å². The molecule has 0 atom stereocenters. The highest BCUT2D eigenvalue weighted by Crippen LogP contribution is 2.34. The molecule has 0 unspecified atom stereocenters. The van der Waals surface area contributed by atoms with Crippen LogP contribution in [-0.4, -0.2) is 45.9 Å². The summed E-state index contributed by atoms with van der Waals surface area (Å²) in [5, 5.41) is 5.82. The number of guanidine groups is 1. The number of rotatable bonds is 5. The Morgan fingerprint density at radius 2 is 2.00 bits per heavy atom. The molecule has 26 heavy (non-hydrogen) atoms. The molecule has 1 aromatic carbocycles. The number of nitrogens with zero attached hydrogens (tertiary/aromatic N) is 2. The summed E-state index contributed by atoms with van der Waals surface area (Å²) >= 11 is 0. The van der Waals surface area contributed by atoms with Crippen molar-refractivity contribution in [1.29, 1.82) is 0 Å². The number of aliphatic imine (C=N–C) groups is 1. The van der Waals surface area contributed by atoms with E-state index in [2.05, 4.69) is 22.2 Å². The molecule has 146 valence electrons. The first-order chi connectivity index (χ1) is 12.0. The van der Waals surface area contributed by atoms with Gasteiger partial charge in [-0.25, -0.2) is 0 Å². The maximum Gasteiger partial charge on any atom is 0.416 e. The second kappa shape index (κ2) is 10.6. The van der Waals surface area contributed by atoms with Crippen LogP contribution in [0, 0.1) is 0 Å². The molecule has 1 aliphatic rings. The Balaban J connectivity index is 0.00000338. The van der Waals surface area contributed by atoms with E-state index >= 15 is 0 Å². The summed E-state index contributed by atoms with van der Waals surface area (Å²) in [5.41, 5.74) is 0.0998. The molecule has 0 radical (unpaired) electrons. The van der Waals surface area contributed by atoms with Gasteiger partial charge in [0.1, 0.15) is 0 Å². The molecule has 0 spiro atoms. The highest BCUT2D eigenvalue weighted by atomic mass is 127. The van der Waals surface area contributed by atoms with Crippen LogP contribution in [0.1, 0.15) is 11.1 Å². The molecule has 5 nitrogen and oxygen atoms in total. The maximum absolute atomic E-state index is 13.5. The Morgan fingerprint density at radius 3 is 2.58 bits per heavy atom. The highest BCUT2D eigenvalue weighted by molar-refractivity contribution is 14.0. The van der Waals surface area contributed by atoms with Crippen molar-refractivity contribution in [2.45, 2.75) is 12.7 Å². The summed E-state index contributed by atoms with van der Waals surface area (Å²) in [6, 6.07) is 4.45. The molecule has 9 heteroatoms. The van der Waals surface area contributed by atoms with E-state index in [1.54, 1.807) is 19.2 Å². The van der Waals surface area contributed by atoms with Crippen molar-refractivity contribution in [2.75, 3.05) is 44.8 Å². The Hall–Kier alpha value is -1.49. The Bertz CT molecular complexity index is 617. The van der Waals surface area contributed by atoms with Gasteiger partial charge in [0, 0.05) is 38.9 Å². The van der Waals surface area contributed by atoms with E-state index in [-0.39, 0.29) is 36.1 Å². The first-order valence-corrected chi connectivity index (χ1v) is 8.04. The lowest BCUT2D eigenvalue weighted by atomic mass is 10.0. The van der Waals surface area contributed by atoms with Gasteiger partial charge in [-0.05, 0) is 17.7 Å². The van der Waals surface area contributed by atoms with Crippen LogP contribution in [0.2, 0.25) is 0 Å². The van der Waals surface area contributed by atoms with Gasteiger partial charge in [-0.3, -0.25) is 4.99 Å². The molecule has 1 aliphatic heterocycles. The average molecular weight is 484 g/mol. The maximum atomic E-state index is 13.5. The van der Waals surface area contributed by atoms with E-state index in [1.165, 1.54) is 12.1 Å². The van der Waals surface area contributed by atoms with E-state index in [1.807, 2.05) is 4.90 Å². The quantitative estimate of drug-likeness (QED) is 0.292.